The predicted octanol–water partition coefficient (Wildman–Crippen LogP) is 2.97. The third-order valence-electron chi connectivity index (χ3n) is 5.39. The van der Waals surface area contributed by atoms with Gasteiger partial charge in [-0.05, 0) is 37.1 Å². The number of anilines is 1. The van der Waals surface area contributed by atoms with Crippen molar-refractivity contribution in [2.24, 2.45) is 0 Å². The van der Waals surface area contributed by atoms with E-state index in [-0.39, 0.29) is 24.2 Å². The zero-order chi connectivity index (χ0) is 20.4. The number of hydrogen-bond donors (Lipinski definition) is 1. The van der Waals surface area contributed by atoms with E-state index < -0.39 is 0 Å². The second kappa shape index (κ2) is 7.98. The smallest absolute Gasteiger partial charge is 0.331 e. The first-order valence-corrected chi connectivity index (χ1v) is 9.70. The Morgan fingerprint density at radius 1 is 1.21 bits per heavy atom. The van der Waals surface area contributed by atoms with Crippen molar-refractivity contribution < 1.29 is 14.3 Å². The molecule has 2 aromatic heterocycles. The second-order valence-electron chi connectivity index (χ2n) is 7.14. The maximum absolute atomic E-state index is 13.1. The van der Waals surface area contributed by atoms with Crippen LogP contribution < -0.4 is 20.5 Å². The first-order chi connectivity index (χ1) is 14.1. The molecule has 0 aliphatic heterocycles. The fourth-order valence-electron chi connectivity index (χ4n) is 4.00. The number of nitrogens with one attached hydrogen (secondary N) is 1. The summed E-state index contributed by atoms with van der Waals surface area (Å²) in [5.74, 6) is 0.787. The van der Waals surface area contributed by atoms with Crippen molar-refractivity contribution in [2.45, 2.75) is 38.3 Å². The molecule has 3 aromatic rings. The molecule has 8 heteroatoms. The topological polar surface area (TPSA) is 87.4 Å². The summed E-state index contributed by atoms with van der Waals surface area (Å²) >= 11 is 0. The van der Waals surface area contributed by atoms with Crippen LogP contribution in [-0.2, 0) is 11.3 Å². The molecule has 152 valence electrons. The summed E-state index contributed by atoms with van der Waals surface area (Å²) in [6.07, 6.45) is 5.81. The van der Waals surface area contributed by atoms with Gasteiger partial charge in [0.2, 0.25) is 5.91 Å². The number of aromatic nitrogens is 3. The molecule has 0 unspecified atom stereocenters. The van der Waals surface area contributed by atoms with Crippen molar-refractivity contribution in [3.05, 3.63) is 47.0 Å². The zero-order valence-corrected chi connectivity index (χ0v) is 16.6. The molecule has 1 fully saturated rings. The minimum Gasteiger partial charge on any atom is -0.497 e. The van der Waals surface area contributed by atoms with Gasteiger partial charge in [0.1, 0.15) is 18.0 Å². The Bertz CT molecular complexity index is 1100. The van der Waals surface area contributed by atoms with Crippen LogP contribution in [0.5, 0.6) is 11.5 Å². The third kappa shape index (κ3) is 3.57. The van der Waals surface area contributed by atoms with Crippen LogP contribution in [0.1, 0.15) is 31.7 Å². The maximum Gasteiger partial charge on any atom is 0.331 e. The number of fused-ring (bicyclic) bond motifs is 1. The number of imidazole rings is 1. The van der Waals surface area contributed by atoms with Gasteiger partial charge in [-0.15, -0.1) is 0 Å². The van der Waals surface area contributed by atoms with Crippen molar-refractivity contribution in [3.63, 3.8) is 0 Å². The van der Waals surface area contributed by atoms with Gasteiger partial charge in [0.25, 0.3) is 0 Å². The van der Waals surface area contributed by atoms with Gasteiger partial charge in [-0.1, -0.05) is 12.8 Å². The van der Waals surface area contributed by atoms with Crippen LogP contribution in [0.3, 0.4) is 0 Å². The maximum atomic E-state index is 13.1. The van der Waals surface area contributed by atoms with Crippen LogP contribution in [0.25, 0.3) is 11.2 Å². The Balaban J connectivity index is 1.66. The highest BCUT2D eigenvalue weighted by Gasteiger charge is 2.25. The van der Waals surface area contributed by atoms with Gasteiger partial charge in [0, 0.05) is 18.3 Å². The highest BCUT2D eigenvalue weighted by atomic mass is 16.5. The minimum absolute atomic E-state index is 0.110. The van der Waals surface area contributed by atoms with Gasteiger partial charge >= 0.3 is 5.69 Å². The number of pyridine rings is 1. The molecule has 0 atom stereocenters. The van der Waals surface area contributed by atoms with E-state index >= 15 is 0 Å². The summed E-state index contributed by atoms with van der Waals surface area (Å²) in [5, 5.41) is 2.82. The van der Waals surface area contributed by atoms with Crippen LogP contribution in [0.2, 0.25) is 0 Å². The highest BCUT2D eigenvalue weighted by Crippen LogP contribution is 2.31. The number of carbonyl (C=O) groups excluding carboxylic acids is 1. The van der Waals surface area contributed by atoms with Crippen LogP contribution in [0, 0.1) is 0 Å². The molecule has 1 N–H and O–H groups in total. The number of hydrogen-bond acceptors (Lipinski definition) is 5. The van der Waals surface area contributed by atoms with E-state index in [1.165, 1.54) is 11.7 Å². The molecule has 1 amide bonds. The molecular weight excluding hydrogens is 372 g/mol. The molecule has 4 rings (SSSR count). The van der Waals surface area contributed by atoms with E-state index in [2.05, 4.69) is 10.3 Å². The van der Waals surface area contributed by atoms with E-state index in [1.807, 2.05) is 6.07 Å². The molecule has 1 aliphatic rings. The largest absolute Gasteiger partial charge is 0.497 e. The van der Waals surface area contributed by atoms with Crippen LogP contribution in [0.15, 0.2) is 41.3 Å². The Hall–Kier alpha value is -3.29. The lowest BCUT2D eigenvalue weighted by Gasteiger charge is -2.12. The molecule has 1 saturated carbocycles. The lowest BCUT2D eigenvalue weighted by Crippen LogP contribution is -2.30. The lowest BCUT2D eigenvalue weighted by atomic mass is 10.2. The molecule has 0 bridgehead atoms. The average molecular weight is 396 g/mol. The van der Waals surface area contributed by atoms with Crippen molar-refractivity contribution in [1.29, 1.82) is 0 Å². The summed E-state index contributed by atoms with van der Waals surface area (Å²) in [7, 11) is 3.08. The number of benzene rings is 1. The van der Waals surface area contributed by atoms with Crippen LogP contribution >= 0.6 is 0 Å². The van der Waals surface area contributed by atoms with Gasteiger partial charge in [-0.25, -0.2) is 9.78 Å². The van der Waals surface area contributed by atoms with Gasteiger partial charge < -0.3 is 14.8 Å². The SMILES string of the molecule is COc1ccc(OC)c(NC(=O)Cn2c(=O)n(C3CCCC3)c3ncccc32)c1. The molecule has 2 heterocycles. The summed E-state index contributed by atoms with van der Waals surface area (Å²) in [6.45, 7) is -0.110. The van der Waals surface area contributed by atoms with Crippen molar-refractivity contribution in [2.75, 3.05) is 19.5 Å². The lowest BCUT2D eigenvalue weighted by molar-refractivity contribution is -0.116. The number of amides is 1. The fourth-order valence-corrected chi connectivity index (χ4v) is 4.00. The molecule has 0 spiro atoms. The molecule has 1 aliphatic carbocycles. The van der Waals surface area contributed by atoms with E-state index in [4.69, 9.17) is 9.47 Å². The standard InChI is InChI=1S/C21H24N4O4/c1-28-15-9-10-18(29-2)16(12-15)23-19(26)13-24-17-8-5-11-22-20(17)25(21(24)27)14-6-3-4-7-14/h5,8-12,14H,3-4,6-7,13H2,1-2H3,(H,23,26). The predicted molar refractivity (Wildman–Crippen MR) is 110 cm³/mol. The Morgan fingerprint density at radius 3 is 2.72 bits per heavy atom. The van der Waals surface area contributed by atoms with Crippen molar-refractivity contribution >= 4 is 22.8 Å². The van der Waals surface area contributed by atoms with E-state index in [9.17, 15) is 9.59 Å². The number of nitrogens with zero attached hydrogens (tertiary/aromatic N) is 3. The molecule has 0 saturated heterocycles. The van der Waals surface area contributed by atoms with Crippen molar-refractivity contribution in [1.82, 2.24) is 14.1 Å². The van der Waals surface area contributed by atoms with Gasteiger partial charge in [-0.2, -0.15) is 0 Å². The van der Waals surface area contributed by atoms with Gasteiger partial charge in [0.15, 0.2) is 5.65 Å². The van der Waals surface area contributed by atoms with Crippen molar-refractivity contribution in [3.8, 4) is 11.5 Å². The van der Waals surface area contributed by atoms with Gasteiger partial charge in [-0.3, -0.25) is 13.9 Å². The first-order valence-electron chi connectivity index (χ1n) is 9.70. The first kappa shape index (κ1) is 19.0. The van der Waals surface area contributed by atoms with E-state index in [0.29, 0.717) is 28.4 Å². The molecule has 0 radical (unpaired) electrons. The number of carbonyl (C=O) groups is 1. The molecule has 29 heavy (non-hydrogen) atoms. The zero-order valence-electron chi connectivity index (χ0n) is 16.6. The Morgan fingerprint density at radius 2 is 2.00 bits per heavy atom. The Labute approximate surface area is 168 Å². The number of methoxy groups -OCH3 is 2. The molecular formula is C21H24N4O4. The fraction of sp³-hybridized carbons (Fsp3) is 0.381. The molecule has 1 aromatic carbocycles. The van der Waals surface area contributed by atoms with Crippen LogP contribution in [-0.4, -0.2) is 34.2 Å². The van der Waals surface area contributed by atoms with E-state index in [0.717, 1.165) is 25.7 Å². The summed E-state index contributed by atoms with van der Waals surface area (Å²) in [6, 6.07) is 8.90. The monoisotopic (exact) mass is 396 g/mol. The summed E-state index contributed by atoms with van der Waals surface area (Å²) < 4.78 is 13.8. The summed E-state index contributed by atoms with van der Waals surface area (Å²) in [5.41, 5.74) is 1.59. The summed E-state index contributed by atoms with van der Waals surface area (Å²) in [4.78, 5) is 30.3. The third-order valence-corrected chi connectivity index (χ3v) is 5.39. The Kier molecular flexibility index (Phi) is 5.24. The molecule has 8 nitrogen and oxygen atoms in total. The average Bonchev–Trinajstić information content (AvgIpc) is 3.35. The highest BCUT2D eigenvalue weighted by molar-refractivity contribution is 5.93. The second-order valence-corrected chi connectivity index (χ2v) is 7.14. The minimum atomic E-state index is -0.326. The quantitative estimate of drug-likeness (QED) is 0.692. The normalized spacial score (nSPS) is 14.3. The van der Waals surface area contributed by atoms with Gasteiger partial charge in [0.05, 0.1) is 25.4 Å². The number of ether oxygens (including phenoxy) is 2. The number of rotatable bonds is 6. The van der Waals surface area contributed by atoms with Crippen LogP contribution in [0.4, 0.5) is 5.69 Å². The van der Waals surface area contributed by atoms with E-state index in [1.54, 1.807) is 42.1 Å².